The summed E-state index contributed by atoms with van der Waals surface area (Å²) in [5.74, 6) is 1.75. The number of benzene rings is 2. The van der Waals surface area contributed by atoms with Gasteiger partial charge in [0.1, 0.15) is 17.3 Å². The molecule has 6 heterocycles. The van der Waals surface area contributed by atoms with E-state index >= 15 is 0 Å². The molecule has 0 radical (unpaired) electrons. The van der Waals surface area contributed by atoms with Crippen LogP contribution in [-0.2, 0) is 0 Å². The van der Waals surface area contributed by atoms with Crippen molar-refractivity contribution in [2.45, 2.75) is 0 Å². The van der Waals surface area contributed by atoms with Gasteiger partial charge in [0.15, 0.2) is 11.6 Å². The van der Waals surface area contributed by atoms with Crippen LogP contribution in [0.1, 0.15) is 0 Å². The molecule has 0 aliphatic carbocycles. The number of anilines is 1. The Hall–Kier alpha value is -5.85. The lowest BCUT2D eigenvalue weighted by molar-refractivity contribution is 0.475. The van der Waals surface area contributed by atoms with E-state index in [1.165, 1.54) is 23.6 Å². The van der Waals surface area contributed by atoms with Crippen LogP contribution >= 0.6 is 22.7 Å². The van der Waals surface area contributed by atoms with Gasteiger partial charge in [0.25, 0.3) is 0 Å². The molecule has 2 aromatic carbocycles. The van der Waals surface area contributed by atoms with Crippen molar-refractivity contribution in [1.82, 2.24) is 29.9 Å². The second-order valence-electron chi connectivity index (χ2n) is 10.8. The van der Waals surface area contributed by atoms with Crippen LogP contribution in [0.25, 0.3) is 65.7 Å². The summed E-state index contributed by atoms with van der Waals surface area (Å²) >= 11 is 3.13. The Morgan fingerprint density at radius 2 is 1.10 bits per heavy atom. The highest BCUT2D eigenvalue weighted by molar-refractivity contribution is 7.18. The topological polar surface area (TPSA) is 121 Å². The van der Waals surface area contributed by atoms with E-state index in [0.29, 0.717) is 28.5 Å². The third kappa shape index (κ3) is 6.39. The minimum Gasteiger partial charge on any atom is -0.508 e. The molecule has 0 aliphatic rings. The third-order valence-corrected chi connectivity index (χ3v) is 9.11. The fourth-order valence-corrected chi connectivity index (χ4v) is 6.71. The van der Waals surface area contributed by atoms with Gasteiger partial charge < -0.3 is 15.1 Å². The van der Waals surface area contributed by atoms with Gasteiger partial charge in [-0.25, -0.2) is 29.9 Å². The number of rotatable bonds is 5. The van der Waals surface area contributed by atoms with Crippen LogP contribution in [0.2, 0.25) is 0 Å². The van der Waals surface area contributed by atoms with Gasteiger partial charge in [0, 0.05) is 54.8 Å². The molecule has 0 saturated heterocycles. The van der Waals surface area contributed by atoms with Crippen LogP contribution in [0.5, 0.6) is 11.5 Å². The molecule has 8 rings (SSSR count). The molecule has 0 aliphatic heterocycles. The molecule has 12 heteroatoms. The molecule has 6 aromatic heterocycles. The number of hydrogen-bond acceptors (Lipinski definition) is 11. The Bertz CT molecular complexity index is 2410. The standard InChI is InChI=1S/C19H16N4OS.C17H10FN3OS/c1-23(2)16-11-12(6-8-20-16)17-18-15(7-9-25-18)21-19(22-17)13-4-3-5-14(24)10-13;18-14-9-10(4-6-19-14)15-16-13(5-7-23-16)20-17(21-15)11-2-1-3-12(22)8-11/h3-11,24H,1-2H3;1-9,22H. The number of halogens is 1. The predicted octanol–water partition coefficient (Wildman–Crippen LogP) is 8.46. The van der Waals surface area contributed by atoms with Crippen molar-refractivity contribution in [3.05, 3.63) is 114 Å². The molecule has 8 aromatic rings. The number of phenolic OH excluding ortho intramolecular Hbond substituents is 2. The van der Waals surface area contributed by atoms with E-state index in [9.17, 15) is 14.6 Å². The van der Waals surface area contributed by atoms with E-state index < -0.39 is 5.95 Å². The zero-order valence-electron chi connectivity index (χ0n) is 25.6. The van der Waals surface area contributed by atoms with Gasteiger partial charge in [0.2, 0.25) is 5.95 Å². The SMILES string of the molecule is CN(C)c1cc(-c2nc(-c3cccc(O)c3)nc3ccsc23)ccn1.Oc1cccc(-c2nc(-c3ccnc(F)c3)c3sccc3n2)c1. The van der Waals surface area contributed by atoms with Crippen molar-refractivity contribution in [2.24, 2.45) is 0 Å². The number of hydrogen-bond donors (Lipinski definition) is 2. The van der Waals surface area contributed by atoms with Crippen molar-refractivity contribution in [3.63, 3.8) is 0 Å². The molecule has 236 valence electrons. The second-order valence-corrected chi connectivity index (χ2v) is 12.7. The fraction of sp³-hybridized carbons (Fsp3) is 0.0556. The van der Waals surface area contributed by atoms with Crippen LogP contribution in [0.3, 0.4) is 0 Å². The summed E-state index contributed by atoms with van der Waals surface area (Å²) in [6, 6.07) is 24.7. The van der Waals surface area contributed by atoms with Crippen molar-refractivity contribution < 1.29 is 14.6 Å². The van der Waals surface area contributed by atoms with Crippen molar-refractivity contribution >= 4 is 48.9 Å². The van der Waals surface area contributed by atoms with Gasteiger partial charge >= 0.3 is 0 Å². The molecule has 0 saturated carbocycles. The van der Waals surface area contributed by atoms with E-state index in [2.05, 4.69) is 24.9 Å². The molecular formula is C36H26FN7O2S2. The van der Waals surface area contributed by atoms with E-state index in [1.807, 2.05) is 66.2 Å². The van der Waals surface area contributed by atoms with Gasteiger partial charge in [-0.3, -0.25) is 0 Å². The third-order valence-electron chi connectivity index (χ3n) is 7.29. The maximum Gasteiger partial charge on any atom is 0.213 e. The number of aromatic nitrogens is 6. The lowest BCUT2D eigenvalue weighted by Crippen LogP contribution is -2.10. The first kappa shape index (κ1) is 30.8. The zero-order chi connectivity index (χ0) is 33.2. The number of fused-ring (bicyclic) bond motifs is 2. The molecule has 0 bridgehead atoms. The average molecular weight is 672 g/mol. The maximum atomic E-state index is 13.5. The number of pyridine rings is 2. The first-order valence-corrected chi connectivity index (χ1v) is 16.4. The highest BCUT2D eigenvalue weighted by Crippen LogP contribution is 2.35. The quantitative estimate of drug-likeness (QED) is 0.174. The first-order chi connectivity index (χ1) is 23.3. The van der Waals surface area contributed by atoms with Crippen LogP contribution < -0.4 is 4.90 Å². The predicted molar refractivity (Wildman–Crippen MR) is 190 cm³/mol. The summed E-state index contributed by atoms with van der Waals surface area (Å²) in [7, 11) is 3.93. The molecule has 0 atom stereocenters. The number of aromatic hydroxyl groups is 2. The molecule has 0 amide bonds. The van der Waals surface area contributed by atoms with Crippen molar-refractivity contribution in [2.75, 3.05) is 19.0 Å². The molecule has 0 spiro atoms. The lowest BCUT2D eigenvalue weighted by atomic mass is 10.1. The Morgan fingerprint density at radius 3 is 1.60 bits per heavy atom. The molecule has 0 fully saturated rings. The first-order valence-electron chi connectivity index (χ1n) is 14.7. The minimum absolute atomic E-state index is 0.146. The smallest absolute Gasteiger partial charge is 0.213 e. The van der Waals surface area contributed by atoms with E-state index in [-0.39, 0.29) is 11.5 Å². The summed E-state index contributed by atoms with van der Waals surface area (Å²) < 4.78 is 15.4. The van der Waals surface area contributed by atoms with Crippen LogP contribution in [0.15, 0.2) is 108 Å². The summed E-state index contributed by atoms with van der Waals surface area (Å²) in [6.45, 7) is 0. The summed E-state index contributed by atoms with van der Waals surface area (Å²) in [4.78, 5) is 28.5. The largest absolute Gasteiger partial charge is 0.508 e. The van der Waals surface area contributed by atoms with Gasteiger partial charge in [0.05, 0.1) is 31.8 Å². The molecule has 0 unspecified atom stereocenters. The summed E-state index contributed by atoms with van der Waals surface area (Å²) in [6.07, 6.45) is 3.21. The fourth-order valence-electron chi connectivity index (χ4n) is 5.03. The highest BCUT2D eigenvalue weighted by Gasteiger charge is 2.15. The minimum atomic E-state index is -0.551. The van der Waals surface area contributed by atoms with Gasteiger partial charge in [-0.1, -0.05) is 24.3 Å². The second kappa shape index (κ2) is 13.1. The van der Waals surface area contributed by atoms with Gasteiger partial charge in [-0.05, 0) is 65.4 Å². The molecule has 48 heavy (non-hydrogen) atoms. The van der Waals surface area contributed by atoms with Crippen molar-refractivity contribution in [1.29, 1.82) is 0 Å². The summed E-state index contributed by atoms with van der Waals surface area (Å²) in [5, 5.41) is 23.4. The molecule has 9 nitrogen and oxygen atoms in total. The Kier molecular flexibility index (Phi) is 8.40. The van der Waals surface area contributed by atoms with Gasteiger partial charge in [-0.15, -0.1) is 22.7 Å². The maximum absolute atomic E-state index is 13.5. The summed E-state index contributed by atoms with van der Waals surface area (Å²) in [5.41, 5.74) is 6.36. The molecular weight excluding hydrogens is 646 g/mol. The lowest BCUT2D eigenvalue weighted by Gasteiger charge is -2.12. The number of nitrogens with zero attached hydrogens (tertiary/aromatic N) is 7. The van der Waals surface area contributed by atoms with E-state index in [1.54, 1.807) is 60.0 Å². The van der Waals surface area contributed by atoms with Crippen LogP contribution in [0, 0.1) is 5.95 Å². The zero-order valence-corrected chi connectivity index (χ0v) is 27.2. The van der Waals surface area contributed by atoms with Crippen molar-refractivity contribution in [3.8, 4) is 56.8 Å². The Balaban J connectivity index is 0.000000152. The van der Waals surface area contributed by atoms with Gasteiger partial charge in [-0.2, -0.15) is 4.39 Å². The Morgan fingerprint density at radius 1 is 0.583 bits per heavy atom. The number of thiophene rings is 2. The van der Waals surface area contributed by atoms with E-state index in [4.69, 9.17) is 4.98 Å². The van der Waals surface area contributed by atoms with Crippen LogP contribution in [0.4, 0.5) is 10.2 Å². The highest BCUT2D eigenvalue weighted by atomic mass is 32.1. The number of phenols is 2. The Labute approximate surface area is 282 Å². The average Bonchev–Trinajstić information content (AvgIpc) is 3.78. The van der Waals surface area contributed by atoms with Crippen LogP contribution in [-0.4, -0.2) is 54.2 Å². The normalized spacial score (nSPS) is 11.0. The monoisotopic (exact) mass is 671 g/mol. The molecule has 2 N–H and O–H groups in total. The van der Waals surface area contributed by atoms with E-state index in [0.717, 1.165) is 43.1 Å².